The minimum absolute atomic E-state index is 0.114. The van der Waals surface area contributed by atoms with E-state index in [0.717, 1.165) is 27.8 Å². The SMILES string of the molecule is CC[C@@H](Oc1cccc2ccccc12)C(=O)NCc1cccc(OC(C)C)c1. The van der Waals surface area contributed by atoms with Crippen LogP contribution in [-0.4, -0.2) is 18.1 Å². The van der Waals surface area contributed by atoms with Gasteiger partial charge in [0.15, 0.2) is 6.10 Å². The summed E-state index contributed by atoms with van der Waals surface area (Å²) in [4.78, 5) is 12.7. The van der Waals surface area contributed by atoms with Crippen LogP contribution in [0.1, 0.15) is 32.8 Å². The zero-order chi connectivity index (χ0) is 19.9. The normalized spacial score (nSPS) is 12.0. The molecule has 0 spiro atoms. The van der Waals surface area contributed by atoms with E-state index in [1.807, 2.05) is 87.5 Å². The Morgan fingerprint density at radius 2 is 1.71 bits per heavy atom. The van der Waals surface area contributed by atoms with Gasteiger partial charge in [0.05, 0.1) is 6.10 Å². The number of benzene rings is 3. The molecule has 0 fully saturated rings. The monoisotopic (exact) mass is 377 g/mol. The lowest BCUT2D eigenvalue weighted by Gasteiger charge is -2.19. The maximum atomic E-state index is 12.7. The molecule has 0 radical (unpaired) electrons. The molecular formula is C24H27NO3. The molecule has 0 saturated heterocycles. The van der Waals surface area contributed by atoms with Gasteiger partial charge in [-0.3, -0.25) is 4.79 Å². The molecule has 1 atom stereocenters. The Hall–Kier alpha value is -3.01. The van der Waals surface area contributed by atoms with Crippen LogP contribution < -0.4 is 14.8 Å². The maximum Gasteiger partial charge on any atom is 0.261 e. The Morgan fingerprint density at radius 3 is 2.50 bits per heavy atom. The number of fused-ring (bicyclic) bond motifs is 1. The van der Waals surface area contributed by atoms with E-state index in [1.165, 1.54) is 0 Å². The van der Waals surface area contributed by atoms with E-state index in [0.29, 0.717) is 13.0 Å². The summed E-state index contributed by atoms with van der Waals surface area (Å²) >= 11 is 0. The summed E-state index contributed by atoms with van der Waals surface area (Å²) in [5, 5.41) is 5.08. The average molecular weight is 377 g/mol. The molecule has 0 saturated carbocycles. The second-order valence-electron chi connectivity index (χ2n) is 7.02. The first-order valence-corrected chi connectivity index (χ1v) is 9.74. The highest BCUT2D eigenvalue weighted by molar-refractivity contribution is 5.89. The Labute approximate surface area is 166 Å². The standard InChI is InChI=1S/C24H27NO3/c1-4-22(28-23-14-8-11-19-10-5-6-13-21(19)23)24(26)25-16-18-9-7-12-20(15-18)27-17(2)3/h5-15,17,22H,4,16H2,1-3H3,(H,25,26)/t22-/m1/s1. The lowest BCUT2D eigenvalue weighted by Crippen LogP contribution is -2.37. The van der Waals surface area contributed by atoms with Crippen molar-refractivity contribution in [2.75, 3.05) is 0 Å². The van der Waals surface area contributed by atoms with Crippen LogP contribution in [-0.2, 0) is 11.3 Å². The molecule has 1 amide bonds. The summed E-state index contributed by atoms with van der Waals surface area (Å²) < 4.78 is 11.8. The summed E-state index contributed by atoms with van der Waals surface area (Å²) in [7, 11) is 0. The average Bonchev–Trinajstić information content (AvgIpc) is 2.70. The molecule has 0 bridgehead atoms. The quantitative estimate of drug-likeness (QED) is 0.594. The molecule has 0 aromatic heterocycles. The zero-order valence-electron chi connectivity index (χ0n) is 16.6. The summed E-state index contributed by atoms with van der Waals surface area (Å²) in [6.07, 6.45) is 0.162. The Morgan fingerprint density at radius 1 is 0.964 bits per heavy atom. The van der Waals surface area contributed by atoms with Crippen molar-refractivity contribution in [3.63, 3.8) is 0 Å². The second-order valence-corrected chi connectivity index (χ2v) is 7.02. The predicted molar refractivity (Wildman–Crippen MR) is 113 cm³/mol. The van der Waals surface area contributed by atoms with Crippen LogP contribution in [0.4, 0.5) is 0 Å². The van der Waals surface area contributed by atoms with Crippen molar-refractivity contribution in [3.05, 3.63) is 72.3 Å². The molecule has 0 aliphatic carbocycles. The molecule has 0 aliphatic heterocycles. The van der Waals surface area contributed by atoms with Gasteiger partial charge in [0.2, 0.25) is 0 Å². The van der Waals surface area contributed by atoms with Crippen LogP contribution in [0.2, 0.25) is 0 Å². The van der Waals surface area contributed by atoms with Crippen LogP contribution in [0, 0.1) is 0 Å². The van der Waals surface area contributed by atoms with Gasteiger partial charge in [-0.1, -0.05) is 55.5 Å². The van der Waals surface area contributed by atoms with Gasteiger partial charge in [-0.05, 0) is 49.4 Å². The third-order valence-electron chi connectivity index (χ3n) is 4.42. The van der Waals surface area contributed by atoms with Crippen LogP contribution >= 0.6 is 0 Å². The zero-order valence-corrected chi connectivity index (χ0v) is 16.6. The first-order valence-electron chi connectivity index (χ1n) is 9.74. The van der Waals surface area contributed by atoms with Crippen molar-refractivity contribution in [2.24, 2.45) is 0 Å². The van der Waals surface area contributed by atoms with E-state index in [9.17, 15) is 4.79 Å². The molecule has 4 nitrogen and oxygen atoms in total. The van der Waals surface area contributed by atoms with Gasteiger partial charge in [-0.25, -0.2) is 0 Å². The molecule has 3 aromatic carbocycles. The highest BCUT2D eigenvalue weighted by Crippen LogP contribution is 2.26. The van der Waals surface area contributed by atoms with Crippen molar-refractivity contribution >= 4 is 16.7 Å². The van der Waals surface area contributed by atoms with E-state index in [2.05, 4.69) is 5.32 Å². The number of ether oxygens (including phenoxy) is 2. The van der Waals surface area contributed by atoms with Crippen molar-refractivity contribution in [1.82, 2.24) is 5.32 Å². The minimum Gasteiger partial charge on any atom is -0.491 e. The summed E-state index contributed by atoms with van der Waals surface area (Å²) in [5.74, 6) is 1.42. The van der Waals surface area contributed by atoms with Crippen LogP contribution in [0.3, 0.4) is 0 Å². The van der Waals surface area contributed by atoms with Gasteiger partial charge < -0.3 is 14.8 Å². The largest absolute Gasteiger partial charge is 0.491 e. The van der Waals surface area contributed by atoms with E-state index in [-0.39, 0.29) is 12.0 Å². The van der Waals surface area contributed by atoms with E-state index < -0.39 is 6.10 Å². The Kier molecular flexibility index (Phi) is 6.53. The van der Waals surface area contributed by atoms with Crippen LogP contribution in [0.15, 0.2) is 66.7 Å². The third-order valence-corrected chi connectivity index (χ3v) is 4.42. The summed E-state index contributed by atoms with van der Waals surface area (Å²) in [5.41, 5.74) is 0.992. The predicted octanol–water partition coefficient (Wildman–Crippen LogP) is 5.10. The fourth-order valence-corrected chi connectivity index (χ4v) is 3.08. The summed E-state index contributed by atoms with van der Waals surface area (Å²) in [6.45, 7) is 6.37. The lowest BCUT2D eigenvalue weighted by molar-refractivity contribution is -0.128. The van der Waals surface area contributed by atoms with Gasteiger partial charge in [0.1, 0.15) is 11.5 Å². The van der Waals surface area contributed by atoms with Gasteiger partial charge in [0, 0.05) is 11.9 Å². The maximum absolute atomic E-state index is 12.7. The number of rotatable bonds is 8. The number of carbonyl (C=O) groups excluding carboxylic acids is 1. The van der Waals surface area contributed by atoms with Gasteiger partial charge >= 0.3 is 0 Å². The highest BCUT2D eigenvalue weighted by atomic mass is 16.5. The molecule has 146 valence electrons. The van der Waals surface area contributed by atoms with Gasteiger partial charge in [0.25, 0.3) is 5.91 Å². The smallest absolute Gasteiger partial charge is 0.261 e. The minimum atomic E-state index is -0.541. The van der Waals surface area contributed by atoms with E-state index in [4.69, 9.17) is 9.47 Å². The first-order chi connectivity index (χ1) is 13.6. The number of carbonyl (C=O) groups is 1. The first kappa shape index (κ1) is 19.7. The van der Waals surface area contributed by atoms with Gasteiger partial charge in [-0.2, -0.15) is 0 Å². The molecule has 0 unspecified atom stereocenters. The number of hydrogen-bond donors (Lipinski definition) is 1. The Bertz CT molecular complexity index is 931. The number of amides is 1. The van der Waals surface area contributed by atoms with Crippen molar-refractivity contribution < 1.29 is 14.3 Å². The van der Waals surface area contributed by atoms with E-state index >= 15 is 0 Å². The summed E-state index contributed by atoms with van der Waals surface area (Å²) in [6, 6.07) is 21.7. The molecular weight excluding hydrogens is 350 g/mol. The molecule has 28 heavy (non-hydrogen) atoms. The number of nitrogens with one attached hydrogen (secondary N) is 1. The van der Waals surface area contributed by atoms with Crippen LogP contribution in [0.5, 0.6) is 11.5 Å². The molecule has 1 N–H and O–H groups in total. The molecule has 3 aromatic rings. The molecule has 0 aliphatic rings. The van der Waals surface area contributed by atoms with Crippen molar-refractivity contribution in [2.45, 2.75) is 45.9 Å². The fraction of sp³-hybridized carbons (Fsp3) is 0.292. The number of hydrogen-bond acceptors (Lipinski definition) is 3. The topological polar surface area (TPSA) is 47.6 Å². The fourth-order valence-electron chi connectivity index (χ4n) is 3.08. The van der Waals surface area contributed by atoms with Crippen molar-refractivity contribution in [3.8, 4) is 11.5 Å². The van der Waals surface area contributed by atoms with Gasteiger partial charge in [-0.15, -0.1) is 0 Å². The highest BCUT2D eigenvalue weighted by Gasteiger charge is 2.19. The third kappa shape index (κ3) is 5.03. The van der Waals surface area contributed by atoms with Crippen molar-refractivity contribution in [1.29, 1.82) is 0 Å². The molecule has 0 heterocycles. The second kappa shape index (κ2) is 9.27. The molecule has 4 heteroatoms. The lowest BCUT2D eigenvalue weighted by atomic mass is 10.1. The Balaban J connectivity index is 1.65. The molecule has 3 rings (SSSR count). The van der Waals surface area contributed by atoms with Crippen LogP contribution in [0.25, 0.3) is 10.8 Å². The van der Waals surface area contributed by atoms with E-state index in [1.54, 1.807) is 0 Å².